The third-order valence-corrected chi connectivity index (χ3v) is 1.82. The lowest BCUT2D eigenvalue weighted by molar-refractivity contribution is -0.142. The van der Waals surface area contributed by atoms with Crippen molar-refractivity contribution in [2.24, 2.45) is 5.92 Å². The molecule has 5 heteroatoms. The van der Waals surface area contributed by atoms with Crippen LogP contribution in [0.15, 0.2) is 24.6 Å². The molecule has 0 aromatic rings. The molecule has 0 saturated heterocycles. The van der Waals surface area contributed by atoms with Crippen LogP contribution in [0.25, 0.3) is 0 Å². The van der Waals surface area contributed by atoms with Crippen molar-refractivity contribution in [3.8, 4) is 0 Å². The highest BCUT2D eigenvalue weighted by Gasteiger charge is 2.24. The van der Waals surface area contributed by atoms with Gasteiger partial charge in [-0.2, -0.15) is 0 Å². The Labute approximate surface area is 87.5 Å². The Morgan fingerprint density at radius 1 is 1.33 bits per heavy atom. The zero-order valence-electron chi connectivity index (χ0n) is 8.71. The molecule has 1 amide bonds. The Hall–Kier alpha value is -1.65. The lowest BCUT2D eigenvalue weighted by atomic mass is 10.0. The first-order valence-corrected chi connectivity index (χ1v) is 4.34. The molecule has 0 saturated carbocycles. The second-order valence-electron chi connectivity index (χ2n) is 3.42. The number of rotatable bonds is 5. The molecule has 1 atom stereocenters. The molecule has 0 rings (SSSR count). The summed E-state index contributed by atoms with van der Waals surface area (Å²) >= 11 is 0. The normalized spacial score (nSPS) is 12.0. The number of hydrogen-bond acceptors (Lipinski definition) is 2. The monoisotopic (exact) mass is 215 g/mol. The van der Waals surface area contributed by atoms with Crippen LogP contribution in [0.2, 0.25) is 0 Å². The molecule has 0 radical (unpaired) electrons. The highest BCUT2D eigenvalue weighted by molar-refractivity contribution is 5.98. The molecule has 2 N–H and O–H groups in total. The van der Waals surface area contributed by atoms with E-state index in [-0.39, 0.29) is 5.92 Å². The number of carbonyl (C=O) groups is 2. The second-order valence-corrected chi connectivity index (χ2v) is 3.42. The van der Waals surface area contributed by atoms with Gasteiger partial charge < -0.3 is 10.4 Å². The second kappa shape index (κ2) is 5.29. The van der Waals surface area contributed by atoms with Gasteiger partial charge in [-0.05, 0) is 5.92 Å². The van der Waals surface area contributed by atoms with Crippen LogP contribution in [0.5, 0.6) is 0 Å². The number of nitrogens with one attached hydrogen (secondary N) is 1. The Morgan fingerprint density at radius 3 is 2.07 bits per heavy atom. The van der Waals surface area contributed by atoms with E-state index in [1.54, 1.807) is 13.8 Å². The average Bonchev–Trinajstić information content (AvgIpc) is 2.11. The molecule has 0 spiro atoms. The van der Waals surface area contributed by atoms with Crippen LogP contribution in [0.1, 0.15) is 13.8 Å². The Morgan fingerprint density at radius 2 is 1.80 bits per heavy atom. The highest BCUT2D eigenvalue weighted by Crippen LogP contribution is 2.08. The summed E-state index contributed by atoms with van der Waals surface area (Å²) in [5.74, 6) is -3.30. The summed E-state index contributed by atoms with van der Waals surface area (Å²) in [4.78, 5) is 21.9. The lowest BCUT2D eigenvalue weighted by Gasteiger charge is -2.17. The topological polar surface area (TPSA) is 66.4 Å². The summed E-state index contributed by atoms with van der Waals surface area (Å²) in [7, 11) is 0. The highest BCUT2D eigenvalue weighted by atomic mass is 19.1. The molecule has 1 unspecified atom stereocenters. The summed E-state index contributed by atoms with van der Waals surface area (Å²) in [6, 6.07) is -1.06. The van der Waals surface area contributed by atoms with E-state index in [4.69, 9.17) is 5.11 Å². The fourth-order valence-electron chi connectivity index (χ4n) is 0.865. The van der Waals surface area contributed by atoms with Crippen molar-refractivity contribution in [2.75, 3.05) is 0 Å². The van der Waals surface area contributed by atoms with Crippen LogP contribution < -0.4 is 5.32 Å². The molecule has 0 aromatic heterocycles. The predicted octanol–water partition coefficient (Wildman–Crippen LogP) is 1.25. The minimum Gasteiger partial charge on any atom is -0.480 e. The Balaban J connectivity index is 4.57. The zero-order valence-corrected chi connectivity index (χ0v) is 8.71. The van der Waals surface area contributed by atoms with Gasteiger partial charge in [-0.3, -0.25) is 4.79 Å². The van der Waals surface area contributed by atoms with Crippen molar-refractivity contribution >= 4 is 11.9 Å². The minimum atomic E-state index is -1.17. The fraction of sp³-hybridized carbons (Fsp3) is 0.400. The van der Waals surface area contributed by atoms with Crippen LogP contribution in [0, 0.1) is 5.92 Å². The van der Waals surface area contributed by atoms with Crippen LogP contribution in [0.3, 0.4) is 0 Å². The number of carbonyl (C=O) groups excluding carboxylic acids is 1. The molecule has 84 valence electrons. The molecule has 15 heavy (non-hydrogen) atoms. The maximum atomic E-state index is 12.5. The van der Waals surface area contributed by atoms with E-state index < -0.39 is 29.3 Å². The van der Waals surface area contributed by atoms with E-state index in [9.17, 15) is 14.0 Å². The van der Waals surface area contributed by atoms with Crippen molar-refractivity contribution < 1.29 is 19.1 Å². The summed E-state index contributed by atoms with van der Waals surface area (Å²) in [6.45, 7) is 9.31. The number of aliphatic carboxylic acids is 1. The van der Waals surface area contributed by atoms with E-state index in [0.717, 1.165) is 0 Å². The first-order chi connectivity index (χ1) is 6.77. The predicted molar refractivity (Wildman–Crippen MR) is 53.8 cm³/mol. The molecule has 0 heterocycles. The number of amides is 1. The Kier molecular flexibility index (Phi) is 4.70. The van der Waals surface area contributed by atoms with Crippen LogP contribution in [0.4, 0.5) is 4.39 Å². The van der Waals surface area contributed by atoms with E-state index >= 15 is 0 Å². The van der Waals surface area contributed by atoms with Crippen molar-refractivity contribution in [1.82, 2.24) is 5.32 Å². The van der Waals surface area contributed by atoms with Crippen molar-refractivity contribution in [2.45, 2.75) is 19.9 Å². The van der Waals surface area contributed by atoms with Gasteiger partial charge in [0.1, 0.15) is 11.9 Å². The molecule has 0 aliphatic heterocycles. The van der Waals surface area contributed by atoms with Crippen molar-refractivity contribution in [1.29, 1.82) is 0 Å². The fourth-order valence-corrected chi connectivity index (χ4v) is 0.865. The lowest BCUT2D eigenvalue weighted by Crippen LogP contribution is -2.44. The van der Waals surface area contributed by atoms with Gasteiger partial charge in [0.05, 0.1) is 5.57 Å². The number of halogens is 1. The van der Waals surface area contributed by atoms with Gasteiger partial charge in [0.15, 0.2) is 0 Å². The molecule has 0 aliphatic carbocycles. The molecule has 0 aliphatic rings. The van der Waals surface area contributed by atoms with Crippen molar-refractivity contribution in [3.05, 3.63) is 24.6 Å². The summed E-state index contributed by atoms with van der Waals surface area (Å²) < 4.78 is 12.5. The minimum absolute atomic E-state index is 0.299. The Bertz CT molecular complexity index is 310. The molecule has 4 nitrogen and oxygen atoms in total. The van der Waals surface area contributed by atoms with Crippen molar-refractivity contribution in [3.63, 3.8) is 0 Å². The summed E-state index contributed by atoms with van der Waals surface area (Å²) in [5.41, 5.74) is -0.457. The first kappa shape index (κ1) is 13.4. The third kappa shape index (κ3) is 3.93. The smallest absolute Gasteiger partial charge is 0.326 e. The van der Waals surface area contributed by atoms with Crippen LogP contribution >= 0.6 is 0 Å². The van der Waals surface area contributed by atoms with Gasteiger partial charge in [0.2, 0.25) is 0 Å². The standard InChI is InChI=1S/C10H14FNO3/c1-5(2)8(10(14)15)12-9(13)6(3)7(4)11/h5,8H,3-4H2,1-2H3,(H,12,13)(H,14,15). The summed E-state index contributed by atoms with van der Waals surface area (Å²) in [5, 5.41) is 10.9. The molecule has 0 fully saturated rings. The quantitative estimate of drug-likeness (QED) is 0.535. The van der Waals surface area contributed by atoms with Gasteiger partial charge in [-0.25, -0.2) is 9.18 Å². The van der Waals surface area contributed by atoms with Gasteiger partial charge in [-0.15, -0.1) is 0 Å². The van der Waals surface area contributed by atoms with E-state index in [2.05, 4.69) is 18.5 Å². The maximum absolute atomic E-state index is 12.5. The van der Waals surface area contributed by atoms with Gasteiger partial charge in [0.25, 0.3) is 5.91 Å². The third-order valence-electron chi connectivity index (χ3n) is 1.82. The molecule has 0 bridgehead atoms. The van der Waals surface area contributed by atoms with Crippen LogP contribution in [-0.4, -0.2) is 23.0 Å². The number of carboxylic acids is 1. The largest absolute Gasteiger partial charge is 0.480 e. The van der Waals surface area contributed by atoms with Gasteiger partial charge >= 0.3 is 5.97 Å². The molecular weight excluding hydrogens is 201 g/mol. The maximum Gasteiger partial charge on any atom is 0.326 e. The SMILES string of the molecule is C=C(F)C(=C)C(=O)NC(C(=O)O)C(C)C. The number of hydrogen-bond donors (Lipinski definition) is 2. The summed E-state index contributed by atoms with van der Waals surface area (Å²) in [6.07, 6.45) is 0. The number of carboxylic acid groups (broad SMARTS) is 1. The average molecular weight is 215 g/mol. The zero-order chi connectivity index (χ0) is 12.2. The van der Waals surface area contributed by atoms with E-state index in [1.165, 1.54) is 0 Å². The van der Waals surface area contributed by atoms with Gasteiger partial charge in [-0.1, -0.05) is 27.0 Å². The van der Waals surface area contributed by atoms with Gasteiger partial charge in [0, 0.05) is 0 Å². The molecule has 0 aromatic carbocycles. The first-order valence-electron chi connectivity index (χ1n) is 4.34. The van der Waals surface area contributed by atoms with E-state index in [1.807, 2.05) is 0 Å². The molecular formula is C10H14FNO3. The van der Waals surface area contributed by atoms with Crippen LogP contribution in [-0.2, 0) is 9.59 Å². The van der Waals surface area contributed by atoms with E-state index in [0.29, 0.717) is 0 Å².